The summed E-state index contributed by atoms with van der Waals surface area (Å²) >= 11 is 0. The Morgan fingerprint density at radius 2 is 2.36 bits per heavy atom. The molecule has 0 aliphatic rings. The molecule has 0 fully saturated rings. The summed E-state index contributed by atoms with van der Waals surface area (Å²) in [5.74, 6) is -0.342. The number of fused-ring (bicyclic) bond motifs is 1. The van der Waals surface area contributed by atoms with Crippen LogP contribution in [0.5, 0.6) is 0 Å². The van der Waals surface area contributed by atoms with Crippen molar-refractivity contribution < 1.29 is 4.39 Å². The molecule has 3 heteroatoms. The van der Waals surface area contributed by atoms with Gasteiger partial charge in [0.2, 0.25) is 0 Å². The fourth-order valence-electron chi connectivity index (χ4n) is 0.889. The van der Waals surface area contributed by atoms with Crippen molar-refractivity contribution in [1.82, 2.24) is 9.97 Å². The molecule has 0 aromatic carbocycles. The smallest absolute Gasteiger partial charge is 0.160 e. The van der Waals surface area contributed by atoms with Crippen LogP contribution >= 0.6 is 0 Å². The molecule has 0 spiro atoms. The summed E-state index contributed by atoms with van der Waals surface area (Å²) in [5.41, 5.74) is 0.522. The first-order valence-electron chi connectivity index (χ1n) is 3.14. The molecule has 0 aliphatic heterocycles. The fourth-order valence-corrected chi connectivity index (χ4v) is 0.889. The van der Waals surface area contributed by atoms with E-state index in [0.717, 1.165) is 6.20 Å². The third-order valence-electron chi connectivity index (χ3n) is 1.37. The summed E-state index contributed by atoms with van der Waals surface area (Å²) in [6, 6.07) is 4.74. The van der Waals surface area contributed by atoms with Gasteiger partial charge in [-0.15, -0.1) is 0 Å². The lowest BCUT2D eigenvalue weighted by atomic mass is 10.3. The van der Waals surface area contributed by atoms with Gasteiger partial charge in [-0.2, -0.15) is 0 Å². The molecule has 11 heavy (non-hydrogen) atoms. The number of hydrogen-bond acceptors (Lipinski definition) is 2. The predicted molar refractivity (Wildman–Crippen MR) is 38.3 cm³/mol. The largest absolute Gasteiger partial charge is 0.234 e. The first-order chi connectivity index (χ1) is 5.36. The Morgan fingerprint density at radius 1 is 1.45 bits per heavy atom. The lowest BCUT2D eigenvalue weighted by molar-refractivity contribution is 0.624. The van der Waals surface area contributed by atoms with Gasteiger partial charge in [0.05, 0.1) is 12.4 Å². The topological polar surface area (TPSA) is 25.8 Å². The van der Waals surface area contributed by atoms with Crippen LogP contribution in [0.15, 0.2) is 24.4 Å². The molecule has 0 aliphatic carbocycles. The number of rotatable bonds is 0. The third-order valence-corrected chi connectivity index (χ3v) is 1.37. The van der Waals surface area contributed by atoms with Gasteiger partial charge in [0.15, 0.2) is 5.65 Å². The van der Waals surface area contributed by atoms with Gasteiger partial charge in [0.1, 0.15) is 5.82 Å². The SMILES string of the molecule is Fc1cnc2n[c]ccc2c1. The van der Waals surface area contributed by atoms with E-state index >= 15 is 0 Å². The number of nitrogens with zero attached hydrogens (tertiary/aromatic N) is 2. The van der Waals surface area contributed by atoms with E-state index in [2.05, 4.69) is 16.2 Å². The summed E-state index contributed by atoms with van der Waals surface area (Å²) in [5, 5.41) is 0.698. The van der Waals surface area contributed by atoms with Gasteiger partial charge < -0.3 is 0 Å². The summed E-state index contributed by atoms with van der Waals surface area (Å²) in [6.07, 6.45) is 3.76. The van der Waals surface area contributed by atoms with Gasteiger partial charge in [-0.1, -0.05) is 0 Å². The maximum atomic E-state index is 12.5. The molecular weight excluding hydrogens is 143 g/mol. The Bertz CT molecular complexity index is 387. The van der Waals surface area contributed by atoms with Crippen molar-refractivity contribution in [1.29, 1.82) is 0 Å². The highest BCUT2D eigenvalue weighted by atomic mass is 19.1. The average molecular weight is 147 g/mol. The van der Waals surface area contributed by atoms with Crippen molar-refractivity contribution in [3.8, 4) is 0 Å². The van der Waals surface area contributed by atoms with Crippen LogP contribution in [0.1, 0.15) is 0 Å². The summed E-state index contributed by atoms with van der Waals surface area (Å²) in [6.45, 7) is 0. The van der Waals surface area contributed by atoms with Crippen LogP contribution in [0, 0.1) is 12.0 Å². The highest BCUT2D eigenvalue weighted by molar-refractivity contribution is 5.73. The Labute approximate surface area is 62.7 Å². The standard InChI is InChI=1S/C8H4FN2/c9-7-4-6-2-1-3-10-8(6)11-5-7/h1-2,4-5H. The van der Waals surface area contributed by atoms with Crippen molar-refractivity contribution in [2.45, 2.75) is 0 Å². The van der Waals surface area contributed by atoms with E-state index in [-0.39, 0.29) is 5.82 Å². The average Bonchev–Trinajstić information content (AvgIpc) is 2.04. The number of hydrogen-bond donors (Lipinski definition) is 0. The van der Waals surface area contributed by atoms with Crippen LogP contribution in [-0.2, 0) is 0 Å². The molecule has 0 saturated carbocycles. The summed E-state index contributed by atoms with van der Waals surface area (Å²) in [4.78, 5) is 7.58. The van der Waals surface area contributed by atoms with Crippen LogP contribution in [0.3, 0.4) is 0 Å². The van der Waals surface area contributed by atoms with Gasteiger partial charge in [-0.3, -0.25) is 0 Å². The Morgan fingerprint density at radius 3 is 3.27 bits per heavy atom. The van der Waals surface area contributed by atoms with Gasteiger partial charge in [-0.25, -0.2) is 14.4 Å². The lowest BCUT2D eigenvalue weighted by Gasteiger charge is -1.92. The van der Waals surface area contributed by atoms with Gasteiger partial charge >= 0.3 is 0 Å². The second-order valence-electron chi connectivity index (χ2n) is 2.14. The molecule has 2 heterocycles. The number of aromatic nitrogens is 2. The first kappa shape index (κ1) is 6.22. The lowest BCUT2D eigenvalue weighted by Crippen LogP contribution is -1.83. The van der Waals surface area contributed by atoms with Crippen LogP contribution in [0.25, 0.3) is 11.0 Å². The molecule has 0 unspecified atom stereocenters. The van der Waals surface area contributed by atoms with E-state index in [1.165, 1.54) is 6.07 Å². The zero-order chi connectivity index (χ0) is 7.68. The van der Waals surface area contributed by atoms with Crippen LogP contribution in [0.4, 0.5) is 4.39 Å². The normalized spacial score (nSPS) is 10.3. The van der Waals surface area contributed by atoms with E-state index in [4.69, 9.17) is 0 Å². The molecule has 0 N–H and O–H groups in total. The Balaban J connectivity index is 2.83. The van der Waals surface area contributed by atoms with Crippen molar-refractivity contribution in [3.05, 3.63) is 36.4 Å². The first-order valence-corrected chi connectivity index (χ1v) is 3.14. The molecule has 2 aromatic rings. The molecule has 0 amide bonds. The zero-order valence-electron chi connectivity index (χ0n) is 5.58. The van der Waals surface area contributed by atoms with Gasteiger partial charge in [-0.05, 0) is 18.2 Å². The Hall–Kier alpha value is -1.51. The van der Waals surface area contributed by atoms with Crippen molar-refractivity contribution in [2.75, 3.05) is 0 Å². The molecule has 0 atom stereocenters. The number of pyridine rings is 2. The number of halogens is 1. The van der Waals surface area contributed by atoms with Crippen molar-refractivity contribution >= 4 is 11.0 Å². The van der Waals surface area contributed by atoms with Crippen LogP contribution < -0.4 is 0 Å². The van der Waals surface area contributed by atoms with Crippen LogP contribution in [0.2, 0.25) is 0 Å². The highest BCUT2D eigenvalue weighted by Crippen LogP contribution is 2.07. The molecule has 0 saturated heterocycles. The summed E-state index contributed by atoms with van der Waals surface area (Å²) in [7, 11) is 0. The monoisotopic (exact) mass is 147 g/mol. The molecule has 2 rings (SSSR count). The molecule has 2 nitrogen and oxygen atoms in total. The quantitative estimate of drug-likeness (QED) is 0.565. The predicted octanol–water partition coefficient (Wildman–Crippen LogP) is 1.57. The van der Waals surface area contributed by atoms with E-state index in [1.54, 1.807) is 12.1 Å². The van der Waals surface area contributed by atoms with Crippen molar-refractivity contribution in [2.24, 2.45) is 0 Å². The second kappa shape index (κ2) is 2.27. The van der Waals surface area contributed by atoms with E-state index in [9.17, 15) is 4.39 Å². The maximum Gasteiger partial charge on any atom is 0.160 e. The van der Waals surface area contributed by atoms with E-state index < -0.39 is 0 Å². The fraction of sp³-hybridized carbons (Fsp3) is 0. The minimum atomic E-state index is -0.342. The third kappa shape index (κ3) is 1.05. The maximum absolute atomic E-state index is 12.5. The second-order valence-corrected chi connectivity index (χ2v) is 2.14. The van der Waals surface area contributed by atoms with Crippen LogP contribution in [-0.4, -0.2) is 9.97 Å². The molecule has 53 valence electrons. The zero-order valence-corrected chi connectivity index (χ0v) is 5.58. The van der Waals surface area contributed by atoms with Gasteiger partial charge in [0, 0.05) is 5.39 Å². The van der Waals surface area contributed by atoms with Gasteiger partial charge in [0.25, 0.3) is 0 Å². The Kier molecular flexibility index (Phi) is 1.28. The minimum absolute atomic E-state index is 0.342. The molecule has 1 radical (unpaired) electrons. The van der Waals surface area contributed by atoms with E-state index in [0.29, 0.717) is 11.0 Å². The molecule has 2 aromatic heterocycles. The van der Waals surface area contributed by atoms with E-state index in [1.807, 2.05) is 0 Å². The van der Waals surface area contributed by atoms with Crippen molar-refractivity contribution in [3.63, 3.8) is 0 Å². The minimum Gasteiger partial charge on any atom is -0.234 e. The molecule has 0 bridgehead atoms. The molecular formula is C8H4FN2. The summed E-state index contributed by atoms with van der Waals surface area (Å²) < 4.78 is 12.5. The highest BCUT2D eigenvalue weighted by Gasteiger charge is 1.95.